The van der Waals surface area contributed by atoms with E-state index in [-0.39, 0.29) is 5.91 Å². The number of ether oxygens (including phenoxy) is 1. The summed E-state index contributed by atoms with van der Waals surface area (Å²) in [6.07, 6.45) is -0.654. The Balaban J connectivity index is 1.52. The van der Waals surface area contributed by atoms with Crippen molar-refractivity contribution in [3.63, 3.8) is 0 Å². The number of anilines is 1. The van der Waals surface area contributed by atoms with Crippen molar-refractivity contribution in [1.29, 1.82) is 0 Å². The third-order valence-electron chi connectivity index (χ3n) is 3.88. The minimum atomic E-state index is -0.654. The van der Waals surface area contributed by atoms with Gasteiger partial charge >= 0.3 is 0 Å². The van der Waals surface area contributed by atoms with E-state index in [0.29, 0.717) is 10.8 Å². The first-order valence-corrected chi connectivity index (χ1v) is 9.97. The molecule has 0 bridgehead atoms. The summed E-state index contributed by atoms with van der Waals surface area (Å²) in [7, 11) is 0. The summed E-state index contributed by atoms with van der Waals surface area (Å²) in [5.74, 6) is 1.15. The van der Waals surface area contributed by atoms with Crippen LogP contribution in [0.25, 0.3) is 0 Å². The van der Waals surface area contributed by atoms with Crippen LogP contribution < -0.4 is 10.1 Å². The monoisotopic (exact) mass is 397 g/mol. The Morgan fingerprint density at radius 3 is 2.37 bits per heavy atom. The van der Waals surface area contributed by atoms with Gasteiger partial charge in [-0.05, 0) is 48.9 Å². The summed E-state index contributed by atoms with van der Waals surface area (Å²) in [6, 6.07) is 25.2. The van der Waals surface area contributed by atoms with Gasteiger partial charge in [0.1, 0.15) is 5.75 Å². The number of thioether (sulfide) groups is 1. The molecule has 0 spiro atoms. The Morgan fingerprint density at radius 2 is 1.67 bits per heavy atom. The highest BCUT2D eigenvalue weighted by molar-refractivity contribution is 7.98. The zero-order valence-electron chi connectivity index (χ0n) is 14.9. The molecule has 0 saturated heterocycles. The Hall–Kier alpha value is -2.43. The minimum absolute atomic E-state index is 0.221. The number of para-hydroxylation sites is 1. The van der Waals surface area contributed by atoms with Gasteiger partial charge in [-0.3, -0.25) is 4.79 Å². The first-order valence-electron chi connectivity index (χ1n) is 8.60. The van der Waals surface area contributed by atoms with Crippen LogP contribution in [0.1, 0.15) is 12.5 Å². The van der Waals surface area contributed by atoms with E-state index in [4.69, 9.17) is 16.3 Å². The van der Waals surface area contributed by atoms with E-state index in [1.807, 2.05) is 54.6 Å². The van der Waals surface area contributed by atoms with Crippen molar-refractivity contribution < 1.29 is 9.53 Å². The summed E-state index contributed by atoms with van der Waals surface area (Å²) in [4.78, 5) is 13.6. The molecule has 138 valence electrons. The highest BCUT2D eigenvalue weighted by atomic mass is 35.5. The fourth-order valence-electron chi connectivity index (χ4n) is 2.40. The van der Waals surface area contributed by atoms with Crippen LogP contribution in [0, 0.1) is 0 Å². The largest absolute Gasteiger partial charge is 0.479 e. The highest BCUT2D eigenvalue weighted by Gasteiger charge is 2.16. The summed E-state index contributed by atoms with van der Waals surface area (Å²) in [5, 5.41) is 3.35. The zero-order chi connectivity index (χ0) is 19.1. The SMILES string of the molecule is C[C@@H](Oc1ccccc1Cl)C(=O)Nc1ccc(CSc2ccccc2)cc1. The van der Waals surface area contributed by atoms with E-state index >= 15 is 0 Å². The lowest BCUT2D eigenvalue weighted by Gasteiger charge is -2.15. The summed E-state index contributed by atoms with van der Waals surface area (Å²) in [6.45, 7) is 1.70. The van der Waals surface area contributed by atoms with E-state index < -0.39 is 6.10 Å². The third-order valence-corrected chi connectivity index (χ3v) is 5.28. The molecule has 0 aliphatic rings. The Bertz CT molecular complexity index is 884. The average molecular weight is 398 g/mol. The van der Waals surface area contributed by atoms with E-state index in [2.05, 4.69) is 17.4 Å². The lowest BCUT2D eigenvalue weighted by Crippen LogP contribution is -2.30. The second-order valence-corrected chi connectivity index (χ2v) is 7.43. The lowest BCUT2D eigenvalue weighted by atomic mass is 10.2. The van der Waals surface area contributed by atoms with Crippen molar-refractivity contribution in [3.8, 4) is 5.75 Å². The topological polar surface area (TPSA) is 38.3 Å². The number of halogens is 1. The first-order chi connectivity index (χ1) is 13.1. The van der Waals surface area contributed by atoms with Crippen LogP contribution in [-0.2, 0) is 10.5 Å². The number of rotatable bonds is 7. The number of carbonyl (C=O) groups excluding carboxylic acids is 1. The molecule has 3 nitrogen and oxygen atoms in total. The van der Waals surface area contributed by atoms with Gasteiger partial charge in [-0.25, -0.2) is 0 Å². The predicted molar refractivity (Wildman–Crippen MR) is 113 cm³/mol. The number of carbonyl (C=O) groups is 1. The molecule has 0 heterocycles. The van der Waals surface area contributed by atoms with Gasteiger partial charge in [-0.1, -0.05) is 54.1 Å². The molecule has 0 saturated carbocycles. The average Bonchev–Trinajstić information content (AvgIpc) is 2.70. The molecule has 0 aliphatic heterocycles. The lowest BCUT2D eigenvalue weighted by molar-refractivity contribution is -0.122. The first kappa shape index (κ1) is 19.3. The molecular formula is C22H20ClNO2S. The van der Waals surface area contributed by atoms with Crippen molar-refractivity contribution in [2.45, 2.75) is 23.7 Å². The summed E-state index contributed by atoms with van der Waals surface area (Å²) < 4.78 is 5.64. The number of hydrogen-bond acceptors (Lipinski definition) is 3. The molecule has 0 aliphatic carbocycles. The summed E-state index contributed by atoms with van der Waals surface area (Å²) >= 11 is 7.85. The number of nitrogens with one attached hydrogen (secondary N) is 1. The summed E-state index contributed by atoms with van der Waals surface area (Å²) in [5.41, 5.74) is 1.94. The van der Waals surface area contributed by atoms with Gasteiger partial charge in [0.15, 0.2) is 6.10 Å². The van der Waals surface area contributed by atoms with Crippen molar-refractivity contribution >= 4 is 35.0 Å². The predicted octanol–water partition coefficient (Wildman–Crippen LogP) is 6.04. The van der Waals surface area contributed by atoms with E-state index in [0.717, 1.165) is 11.4 Å². The van der Waals surface area contributed by atoms with Gasteiger partial charge in [0.2, 0.25) is 0 Å². The molecule has 0 radical (unpaired) electrons. The molecular weight excluding hydrogens is 378 g/mol. The fourth-order valence-corrected chi connectivity index (χ4v) is 3.45. The molecule has 0 fully saturated rings. The van der Waals surface area contributed by atoms with E-state index in [1.54, 1.807) is 30.8 Å². The van der Waals surface area contributed by atoms with Gasteiger partial charge < -0.3 is 10.1 Å². The standard InChI is InChI=1S/C22H20ClNO2S/c1-16(26-21-10-6-5-9-20(21)23)22(25)24-18-13-11-17(12-14-18)15-27-19-7-3-2-4-8-19/h2-14,16H,15H2,1H3,(H,24,25)/t16-/m1/s1. The third kappa shape index (κ3) is 5.78. The molecule has 3 aromatic carbocycles. The van der Waals surface area contributed by atoms with Crippen molar-refractivity contribution in [2.24, 2.45) is 0 Å². The smallest absolute Gasteiger partial charge is 0.265 e. The molecule has 0 aromatic heterocycles. The molecule has 0 unspecified atom stereocenters. The van der Waals surface area contributed by atoms with Gasteiger partial charge in [-0.2, -0.15) is 0 Å². The van der Waals surface area contributed by atoms with Crippen molar-refractivity contribution in [1.82, 2.24) is 0 Å². The maximum absolute atomic E-state index is 12.3. The second kappa shape index (κ2) is 9.49. The Labute approximate surface area is 168 Å². The van der Waals surface area contributed by atoms with Crippen LogP contribution in [0.2, 0.25) is 5.02 Å². The van der Waals surface area contributed by atoms with Crippen LogP contribution >= 0.6 is 23.4 Å². The number of amides is 1. The normalized spacial score (nSPS) is 11.6. The van der Waals surface area contributed by atoms with Crippen LogP contribution in [0.4, 0.5) is 5.69 Å². The van der Waals surface area contributed by atoms with E-state index in [9.17, 15) is 4.79 Å². The zero-order valence-corrected chi connectivity index (χ0v) is 16.5. The Morgan fingerprint density at radius 1 is 1.00 bits per heavy atom. The van der Waals surface area contributed by atoms with Gasteiger partial charge in [0.25, 0.3) is 5.91 Å². The number of hydrogen-bond donors (Lipinski definition) is 1. The maximum atomic E-state index is 12.3. The molecule has 5 heteroatoms. The van der Waals surface area contributed by atoms with Crippen molar-refractivity contribution in [3.05, 3.63) is 89.4 Å². The van der Waals surface area contributed by atoms with Crippen LogP contribution in [-0.4, -0.2) is 12.0 Å². The molecule has 1 atom stereocenters. The number of benzene rings is 3. The minimum Gasteiger partial charge on any atom is -0.479 e. The van der Waals surface area contributed by atoms with Crippen LogP contribution in [0.5, 0.6) is 5.75 Å². The fraction of sp³-hybridized carbons (Fsp3) is 0.136. The molecule has 1 N–H and O–H groups in total. The second-order valence-electron chi connectivity index (χ2n) is 5.98. The van der Waals surface area contributed by atoms with Crippen LogP contribution in [0.15, 0.2) is 83.8 Å². The van der Waals surface area contributed by atoms with Gasteiger partial charge in [0, 0.05) is 16.3 Å². The van der Waals surface area contributed by atoms with Crippen LogP contribution in [0.3, 0.4) is 0 Å². The molecule has 3 aromatic rings. The van der Waals surface area contributed by atoms with Gasteiger partial charge in [0.05, 0.1) is 5.02 Å². The van der Waals surface area contributed by atoms with Crippen molar-refractivity contribution in [2.75, 3.05) is 5.32 Å². The molecule has 3 rings (SSSR count). The maximum Gasteiger partial charge on any atom is 0.265 e. The molecule has 27 heavy (non-hydrogen) atoms. The Kier molecular flexibility index (Phi) is 6.80. The van der Waals surface area contributed by atoms with Gasteiger partial charge in [-0.15, -0.1) is 11.8 Å². The quantitative estimate of drug-likeness (QED) is 0.494. The highest BCUT2D eigenvalue weighted by Crippen LogP contribution is 2.25. The van der Waals surface area contributed by atoms with E-state index in [1.165, 1.54) is 10.5 Å². The molecule has 1 amide bonds.